The molecule has 0 fully saturated rings. The highest BCUT2D eigenvalue weighted by molar-refractivity contribution is 5.98. The van der Waals surface area contributed by atoms with Crippen molar-refractivity contribution in [2.75, 3.05) is 11.9 Å². The SMILES string of the molecule is Cc1noc(C)c1CCCNc1ncc([N+](=O)[O-])cc1C(N)=O. The van der Waals surface area contributed by atoms with Crippen molar-refractivity contribution in [2.24, 2.45) is 5.73 Å². The fourth-order valence-electron chi connectivity index (χ4n) is 2.21. The number of aryl methyl sites for hydroxylation is 2. The predicted molar refractivity (Wildman–Crippen MR) is 82.2 cm³/mol. The van der Waals surface area contributed by atoms with Gasteiger partial charge in [-0.1, -0.05) is 5.16 Å². The lowest BCUT2D eigenvalue weighted by Gasteiger charge is -2.08. The summed E-state index contributed by atoms with van der Waals surface area (Å²) in [5, 5.41) is 17.6. The van der Waals surface area contributed by atoms with Crippen molar-refractivity contribution in [1.29, 1.82) is 0 Å². The van der Waals surface area contributed by atoms with Gasteiger partial charge in [0.2, 0.25) is 0 Å². The van der Waals surface area contributed by atoms with E-state index < -0.39 is 10.8 Å². The smallest absolute Gasteiger partial charge is 0.288 e. The molecule has 122 valence electrons. The van der Waals surface area contributed by atoms with Gasteiger partial charge >= 0.3 is 0 Å². The maximum atomic E-state index is 11.4. The van der Waals surface area contributed by atoms with E-state index in [1.54, 1.807) is 0 Å². The molecule has 0 atom stereocenters. The lowest BCUT2D eigenvalue weighted by atomic mass is 10.1. The van der Waals surface area contributed by atoms with Crippen LogP contribution in [0.15, 0.2) is 16.8 Å². The average Bonchev–Trinajstić information content (AvgIpc) is 2.82. The van der Waals surface area contributed by atoms with Crippen LogP contribution in [0.1, 0.15) is 33.8 Å². The lowest BCUT2D eigenvalue weighted by molar-refractivity contribution is -0.385. The summed E-state index contributed by atoms with van der Waals surface area (Å²) in [5.74, 6) is 0.255. The minimum Gasteiger partial charge on any atom is -0.369 e. The van der Waals surface area contributed by atoms with Crippen LogP contribution in [0.2, 0.25) is 0 Å². The summed E-state index contributed by atoms with van der Waals surface area (Å²) in [6, 6.07) is 1.12. The average molecular weight is 319 g/mol. The Kier molecular flexibility index (Phi) is 4.89. The number of nitrogens with zero attached hydrogens (tertiary/aromatic N) is 3. The second-order valence-electron chi connectivity index (χ2n) is 5.04. The molecule has 23 heavy (non-hydrogen) atoms. The van der Waals surface area contributed by atoms with Gasteiger partial charge in [-0.15, -0.1) is 0 Å². The Bertz CT molecular complexity index is 721. The first-order valence-corrected chi connectivity index (χ1v) is 7.00. The van der Waals surface area contributed by atoms with Gasteiger partial charge < -0.3 is 15.6 Å². The Morgan fingerprint density at radius 3 is 2.78 bits per heavy atom. The van der Waals surface area contributed by atoms with E-state index in [0.717, 1.165) is 42.1 Å². The van der Waals surface area contributed by atoms with E-state index in [1.807, 2.05) is 13.8 Å². The Morgan fingerprint density at radius 1 is 1.48 bits per heavy atom. The van der Waals surface area contributed by atoms with Gasteiger partial charge in [0, 0.05) is 18.2 Å². The zero-order valence-electron chi connectivity index (χ0n) is 12.8. The summed E-state index contributed by atoms with van der Waals surface area (Å²) in [5.41, 5.74) is 6.87. The topological polar surface area (TPSA) is 137 Å². The number of nitro groups is 1. The van der Waals surface area contributed by atoms with E-state index in [1.165, 1.54) is 0 Å². The molecule has 2 aromatic rings. The van der Waals surface area contributed by atoms with Crippen molar-refractivity contribution in [2.45, 2.75) is 26.7 Å². The van der Waals surface area contributed by atoms with Crippen molar-refractivity contribution in [3.05, 3.63) is 45.0 Å². The maximum absolute atomic E-state index is 11.4. The van der Waals surface area contributed by atoms with Crippen LogP contribution < -0.4 is 11.1 Å². The zero-order chi connectivity index (χ0) is 17.0. The van der Waals surface area contributed by atoms with Gasteiger partial charge in [0.25, 0.3) is 11.6 Å². The molecular weight excluding hydrogens is 302 g/mol. The minimum atomic E-state index is -0.769. The number of aromatic nitrogens is 2. The molecule has 0 bridgehead atoms. The number of anilines is 1. The van der Waals surface area contributed by atoms with Gasteiger partial charge in [0.15, 0.2) is 0 Å². The number of carbonyl (C=O) groups is 1. The largest absolute Gasteiger partial charge is 0.369 e. The van der Waals surface area contributed by atoms with Crippen molar-refractivity contribution < 1.29 is 14.2 Å². The van der Waals surface area contributed by atoms with E-state index in [4.69, 9.17) is 10.3 Å². The molecule has 0 unspecified atom stereocenters. The summed E-state index contributed by atoms with van der Waals surface area (Å²) in [4.78, 5) is 25.4. The number of rotatable bonds is 7. The molecule has 3 N–H and O–H groups in total. The summed E-state index contributed by atoms with van der Waals surface area (Å²) in [6.07, 6.45) is 2.59. The van der Waals surface area contributed by atoms with Crippen LogP contribution in [0.25, 0.3) is 0 Å². The number of carbonyl (C=O) groups excluding carboxylic acids is 1. The minimum absolute atomic E-state index is 0.00320. The Labute approximate surface area is 132 Å². The number of nitrogens with two attached hydrogens (primary N) is 1. The molecule has 0 radical (unpaired) electrons. The quantitative estimate of drug-likeness (QED) is 0.450. The third-order valence-electron chi connectivity index (χ3n) is 3.43. The Hall–Kier alpha value is -2.97. The highest BCUT2D eigenvalue weighted by Gasteiger charge is 2.16. The number of pyridine rings is 1. The van der Waals surface area contributed by atoms with Crippen molar-refractivity contribution in [1.82, 2.24) is 10.1 Å². The molecule has 2 heterocycles. The molecule has 0 saturated carbocycles. The molecule has 0 saturated heterocycles. The van der Waals surface area contributed by atoms with E-state index in [0.29, 0.717) is 6.54 Å². The van der Waals surface area contributed by atoms with Crippen LogP contribution in [-0.4, -0.2) is 27.5 Å². The molecule has 1 amide bonds. The summed E-state index contributed by atoms with van der Waals surface area (Å²) < 4.78 is 5.09. The van der Waals surface area contributed by atoms with Gasteiger partial charge in [-0.2, -0.15) is 0 Å². The van der Waals surface area contributed by atoms with Crippen molar-refractivity contribution in [3.63, 3.8) is 0 Å². The van der Waals surface area contributed by atoms with Gasteiger partial charge in [0.05, 0.1) is 16.2 Å². The highest BCUT2D eigenvalue weighted by Crippen LogP contribution is 2.19. The van der Waals surface area contributed by atoms with Crippen LogP contribution in [0.4, 0.5) is 11.5 Å². The first-order chi connectivity index (χ1) is 10.9. The standard InChI is InChI=1S/C14H17N5O4/c1-8-11(9(2)23-18-8)4-3-5-16-14-12(13(15)20)6-10(7-17-14)19(21)22/h6-7H,3-5H2,1-2H3,(H2,15,20)(H,16,17). The number of amides is 1. The summed E-state index contributed by atoms with van der Waals surface area (Å²) in [7, 11) is 0. The molecular formula is C14H17N5O4. The van der Waals surface area contributed by atoms with Crippen LogP contribution >= 0.6 is 0 Å². The van der Waals surface area contributed by atoms with Crippen LogP contribution in [0.5, 0.6) is 0 Å². The van der Waals surface area contributed by atoms with Gasteiger partial charge in [-0.3, -0.25) is 14.9 Å². The molecule has 0 aromatic carbocycles. The molecule has 0 spiro atoms. The number of hydrogen-bond acceptors (Lipinski definition) is 7. The lowest BCUT2D eigenvalue weighted by Crippen LogP contribution is -2.16. The third-order valence-corrected chi connectivity index (χ3v) is 3.43. The first-order valence-electron chi connectivity index (χ1n) is 7.00. The Morgan fingerprint density at radius 2 is 2.22 bits per heavy atom. The zero-order valence-corrected chi connectivity index (χ0v) is 12.8. The predicted octanol–water partition coefficient (Wildman–Crippen LogP) is 1.74. The monoisotopic (exact) mass is 319 g/mol. The van der Waals surface area contributed by atoms with Crippen molar-refractivity contribution in [3.8, 4) is 0 Å². The Balaban J connectivity index is 2.00. The molecule has 2 aromatic heterocycles. The number of primary amides is 1. The van der Waals surface area contributed by atoms with Crippen LogP contribution in [0, 0.1) is 24.0 Å². The van der Waals surface area contributed by atoms with Crippen LogP contribution in [-0.2, 0) is 6.42 Å². The molecule has 0 aliphatic carbocycles. The summed E-state index contributed by atoms with van der Waals surface area (Å²) >= 11 is 0. The number of hydrogen-bond donors (Lipinski definition) is 2. The van der Waals surface area contributed by atoms with Gasteiger partial charge in [-0.25, -0.2) is 4.98 Å². The number of nitrogens with one attached hydrogen (secondary N) is 1. The first kappa shape index (κ1) is 16.4. The van der Waals surface area contributed by atoms with E-state index >= 15 is 0 Å². The van der Waals surface area contributed by atoms with Gasteiger partial charge in [0.1, 0.15) is 17.8 Å². The third kappa shape index (κ3) is 3.82. The fourth-order valence-corrected chi connectivity index (χ4v) is 2.21. The van der Waals surface area contributed by atoms with E-state index in [2.05, 4.69) is 15.5 Å². The second-order valence-corrected chi connectivity index (χ2v) is 5.04. The van der Waals surface area contributed by atoms with Crippen LogP contribution in [0.3, 0.4) is 0 Å². The molecule has 2 rings (SSSR count). The second kappa shape index (κ2) is 6.86. The molecule has 0 aliphatic heterocycles. The molecule has 9 heteroatoms. The van der Waals surface area contributed by atoms with Gasteiger partial charge in [-0.05, 0) is 26.7 Å². The maximum Gasteiger partial charge on any atom is 0.288 e. The summed E-state index contributed by atoms with van der Waals surface area (Å²) in [6.45, 7) is 4.25. The normalized spacial score (nSPS) is 10.5. The van der Waals surface area contributed by atoms with E-state index in [9.17, 15) is 14.9 Å². The van der Waals surface area contributed by atoms with Crippen molar-refractivity contribution >= 4 is 17.4 Å². The van der Waals surface area contributed by atoms with E-state index in [-0.39, 0.29) is 17.1 Å². The molecule has 9 nitrogen and oxygen atoms in total. The highest BCUT2D eigenvalue weighted by atomic mass is 16.6. The molecule has 0 aliphatic rings. The fraction of sp³-hybridized carbons (Fsp3) is 0.357.